The first kappa shape index (κ1) is 13.3. The molecule has 0 bridgehead atoms. The van der Waals surface area contributed by atoms with Crippen molar-refractivity contribution >= 4 is 11.8 Å². The highest BCUT2D eigenvalue weighted by molar-refractivity contribution is 5.87. The van der Waals surface area contributed by atoms with E-state index in [9.17, 15) is 9.59 Å². The van der Waals surface area contributed by atoms with Crippen molar-refractivity contribution in [3.05, 3.63) is 0 Å². The highest BCUT2D eigenvalue weighted by Gasteiger charge is 2.43. The van der Waals surface area contributed by atoms with E-state index in [0.717, 1.165) is 32.1 Å². The van der Waals surface area contributed by atoms with E-state index < -0.39 is 5.54 Å². The second-order valence-corrected chi connectivity index (χ2v) is 5.81. The number of amides is 2. The first-order valence-corrected chi connectivity index (χ1v) is 6.73. The number of piperidine rings is 1. The third kappa shape index (κ3) is 2.36. The van der Waals surface area contributed by atoms with Crippen LogP contribution < -0.4 is 5.73 Å². The van der Waals surface area contributed by atoms with Crippen LogP contribution in [-0.2, 0) is 9.59 Å². The molecule has 2 rings (SSSR count). The molecule has 2 N–H and O–H groups in total. The Bertz CT molecular complexity index is 342. The Labute approximate surface area is 108 Å². The van der Waals surface area contributed by atoms with Crippen LogP contribution in [-0.4, -0.2) is 54.3 Å². The third-order valence-corrected chi connectivity index (χ3v) is 4.24. The number of likely N-dealkylation sites (tertiary alicyclic amines) is 1. The molecular weight excluding hydrogens is 230 g/mol. The average Bonchev–Trinajstić information content (AvgIpc) is 2.34. The van der Waals surface area contributed by atoms with Gasteiger partial charge in [-0.15, -0.1) is 0 Å². The fraction of sp³-hybridized carbons (Fsp3) is 0.846. The average molecular weight is 253 g/mol. The van der Waals surface area contributed by atoms with Gasteiger partial charge >= 0.3 is 0 Å². The van der Waals surface area contributed by atoms with Crippen LogP contribution in [0.4, 0.5) is 0 Å². The Kier molecular flexibility index (Phi) is 3.61. The maximum atomic E-state index is 12.2. The molecule has 1 saturated carbocycles. The maximum Gasteiger partial charge on any atom is 0.242 e. The molecule has 2 aliphatic rings. The van der Waals surface area contributed by atoms with Crippen LogP contribution in [0.15, 0.2) is 0 Å². The van der Waals surface area contributed by atoms with E-state index in [1.54, 1.807) is 19.0 Å². The molecule has 0 atom stereocenters. The Hall–Kier alpha value is -1.10. The topological polar surface area (TPSA) is 66.6 Å². The first-order valence-electron chi connectivity index (χ1n) is 6.73. The number of carbonyl (C=O) groups excluding carboxylic acids is 2. The predicted molar refractivity (Wildman–Crippen MR) is 68.8 cm³/mol. The molecule has 0 aromatic heterocycles. The smallest absolute Gasteiger partial charge is 0.242 e. The van der Waals surface area contributed by atoms with Gasteiger partial charge in [0.25, 0.3) is 0 Å². The first-order chi connectivity index (χ1) is 8.44. The van der Waals surface area contributed by atoms with E-state index in [4.69, 9.17) is 5.73 Å². The SMILES string of the molecule is CN(C)C(=O)C1CCN(C(=O)C2(N)CCC2)CC1. The molecule has 0 aromatic rings. The minimum Gasteiger partial charge on any atom is -0.349 e. The quantitative estimate of drug-likeness (QED) is 0.764. The van der Waals surface area contributed by atoms with Crippen LogP contribution in [0, 0.1) is 5.92 Å². The lowest BCUT2D eigenvalue weighted by Crippen LogP contribution is -2.60. The summed E-state index contributed by atoms with van der Waals surface area (Å²) >= 11 is 0. The summed E-state index contributed by atoms with van der Waals surface area (Å²) in [5.74, 6) is 0.330. The zero-order valence-electron chi connectivity index (χ0n) is 11.3. The molecule has 0 spiro atoms. The van der Waals surface area contributed by atoms with Crippen LogP contribution in [0.1, 0.15) is 32.1 Å². The van der Waals surface area contributed by atoms with Gasteiger partial charge in [0.2, 0.25) is 11.8 Å². The van der Waals surface area contributed by atoms with Crippen LogP contribution in [0.5, 0.6) is 0 Å². The summed E-state index contributed by atoms with van der Waals surface area (Å²) in [6.45, 7) is 1.34. The molecule has 5 nitrogen and oxygen atoms in total. The maximum absolute atomic E-state index is 12.2. The second kappa shape index (κ2) is 4.88. The van der Waals surface area contributed by atoms with E-state index in [-0.39, 0.29) is 17.7 Å². The minimum atomic E-state index is -0.599. The lowest BCUT2D eigenvalue weighted by Gasteiger charge is -2.42. The van der Waals surface area contributed by atoms with E-state index in [1.165, 1.54) is 0 Å². The molecule has 102 valence electrons. The summed E-state index contributed by atoms with van der Waals surface area (Å²) in [6.07, 6.45) is 4.19. The van der Waals surface area contributed by atoms with Crippen LogP contribution in [0.3, 0.4) is 0 Å². The summed E-state index contributed by atoms with van der Waals surface area (Å²) < 4.78 is 0. The van der Waals surface area contributed by atoms with Crippen molar-refractivity contribution in [2.24, 2.45) is 11.7 Å². The molecule has 1 saturated heterocycles. The molecule has 0 radical (unpaired) electrons. The summed E-state index contributed by atoms with van der Waals surface area (Å²) in [5.41, 5.74) is 5.45. The molecule has 2 fully saturated rings. The monoisotopic (exact) mass is 253 g/mol. The van der Waals surface area contributed by atoms with Gasteiger partial charge in [-0.05, 0) is 32.1 Å². The number of carbonyl (C=O) groups is 2. The molecule has 2 amide bonds. The van der Waals surface area contributed by atoms with Crippen LogP contribution in [0.2, 0.25) is 0 Å². The third-order valence-electron chi connectivity index (χ3n) is 4.24. The van der Waals surface area contributed by atoms with Gasteiger partial charge in [-0.2, -0.15) is 0 Å². The minimum absolute atomic E-state index is 0.0687. The normalized spacial score (nSPS) is 23.4. The van der Waals surface area contributed by atoms with Crippen LogP contribution >= 0.6 is 0 Å². The zero-order valence-corrected chi connectivity index (χ0v) is 11.3. The Morgan fingerprint density at radius 2 is 1.78 bits per heavy atom. The number of rotatable bonds is 2. The van der Waals surface area contributed by atoms with Gasteiger partial charge in [0, 0.05) is 33.1 Å². The molecule has 0 unspecified atom stereocenters. The predicted octanol–water partition coefficient (Wildman–Crippen LogP) is 0.195. The molecule has 18 heavy (non-hydrogen) atoms. The Morgan fingerprint density at radius 1 is 1.22 bits per heavy atom. The van der Waals surface area contributed by atoms with Crippen LogP contribution in [0.25, 0.3) is 0 Å². The van der Waals surface area contributed by atoms with Gasteiger partial charge < -0.3 is 15.5 Å². The standard InChI is InChI=1S/C13H23N3O2/c1-15(2)11(17)10-4-8-16(9-5-10)12(18)13(14)6-3-7-13/h10H,3-9,14H2,1-2H3. The van der Waals surface area contributed by atoms with E-state index in [0.29, 0.717) is 13.1 Å². The van der Waals surface area contributed by atoms with Crippen molar-refractivity contribution in [3.63, 3.8) is 0 Å². The Morgan fingerprint density at radius 3 is 2.17 bits per heavy atom. The van der Waals surface area contributed by atoms with Gasteiger partial charge in [-0.1, -0.05) is 0 Å². The second-order valence-electron chi connectivity index (χ2n) is 5.81. The van der Waals surface area contributed by atoms with Crippen molar-refractivity contribution < 1.29 is 9.59 Å². The van der Waals surface area contributed by atoms with E-state index >= 15 is 0 Å². The lowest BCUT2D eigenvalue weighted by molar-refractivity contribution is -0.144. The fourth-order valence-corrected chi connectivity index (χ4v) is 2.78. The summed E-state index contributed by atoms with van der Waals surface area (Å²) in [5, 5.41) is 0. The fourth-order valence-electron chi connectivity index (χ4n) is 2.78. The van der Waals surface area contributed by atoms with Gasteiger partial charge in [-0.25, -0.2) is 0 Å². The van der Waals surface area contributed by atoms with Crippen molar-refractivity contribution in [1.82, 2.24) is 9.80 Å². The van der Waals surface area contributed by atoms with Crippen molar-refractivity contribution in [1.29, 1.82) is 0 Å². The lowest BCUT2D eigenvalue weighted by atomic mass is 9.76. The van der Waals surface area contributed by atoms with Crippen molar-refractivity contribution in [3.8, 4) is 0 Å². The number of hydrogen-bond acceptors (Lipinski definition) is 3. The summed E-state index contributed by atoms with van der Waals surface area (Å²) in [7, 11) is 3.56. The number of nitrogens with two attached hydrogens (primary N) is 1. The summed E-state index contributed by atoms with van der Waals surface area (Å²) in [4.78, 5) is 27.5. The van der Waals surface area contributed by atoms with Gasteiger partial charge in [0.1, 0.15) is 0 Å². The highest BCUT2D eigenvalue weighted by Crippen LogP contribution is 2.32. The van der Waals surface area contributed by atoms with E-state index in [1.807, 2.05) is 4.90 Å². The zero-order chi connectivity index (χ0) is 13.3. The number of hydrogen-bond donors (Lipinski definition) is 1. The van der Waals surface area contributed by atoms with Crippen molar-refractivity contribution in [2.75, 3.05) is 27.2 Å². The molecular formula is C13H23N3O2. The van der Waals surface area contributed by atoms with E-state index in [2.05, 4.69) is 0 Å². The highest BCUT2D eigenvalue weighted by atomic mass is 16.2. The molecule has 1 heterocycles. The van der Waals surface area contributed by atoms with Crippen molar-refractivity contribution in [2.45, 2.75) is 37.6 Å². The summed E-state index contributed by atoms with van der Waals surface area (Å²) in [6, 6.07) is 0. The molecule has 1 aliphatic heterocycles. The largest absolute Gasteiger partial charge is 0.349 e. The van der Waals surface area contributed by atoms with Gasteiger partial charge in [-0.3, -0.25) is 9.59 Å². The molecule has 5 heteroatoms. The van der Waals surface area contributed by atoms with Gasteiger partial charge in [0.15, 0.2) is 0 Å². The van der Waals surface area contributed by atoms with Gasteiger partial charge in [0.05, 0.1) is 5.54 Å². The Balaban J connectivity index is 1.87. The number of nitrogens with zero attached hydrogens (tertiary/aromatic N) is 2. The molecule has 1 aliphatic carbocycles. The molecule has 0 aromatic carbocycles.